The molecule has 0 aromatic heterocycles. The Bertz CT molecular complexity index is 556. The van der Waals surface area contributed by atoms with Gasteiger partial charge in [-0.1, -0.05) is 44.2 Å². The zero-order chi connectivity index (χ0) is 15.5. The predicted molar refractivity (Wildman–Crippen MR) is 77.5 cm³/mol. The van der Waals surface area contributed by atoms with Gasteiger partial charge < -0.3 is 9.47 Å². The lowest BCUT2D eigenvalue weighted by atomic mass is 10.1. The third-order valence-corrected chi connectivity index (χ3v) is 4.54. The van der Waals surface area contributed by atoms with Crippen molar-refractivity contribution < 1.29 is 22.1 Å². The minimum absolute atomic E-state index is 0.589. The largest absolute Gasteiger partial charge is 0.338 e. The summed E-state index contributed by atoms with van der Waals surface area (Å²) in [6, 6.07) is 9.32. The summed E-state index contributed by atoms with van der Waals surface area (Å²) in [5.74, 6) is -0.825. The third-order valence-electron chi connectivity index (χ3n) is 3.60. The second-order valence-electron chi connectivity index (χ2n) is 4.81. The Kier molecular flexibility index (Phi) is 5.00. The molecule has 7 heteroatoms. The first-order valence-electron chi connectivity index (χ1n) is 6.97. The molecule has 1 N–H and O–H groups in total. The third kappa shape index (κ3) is 3.61. The second kappa shape index (κ2) is 6.41. The van der Waals surface area contributed by atoms with Gasteiger partial charge >= 0.3 is 10.3 Å². The monoisotopic (exact) mass is 315 g/mol. The Morgan fingerprint density at radius 1 is 1.19 bits per heavy atom. The highest BCUT2D eigenvalue weighted by Gasteiger charge is 2.48. The predicted octanol–water partition coefficient (Wildman–Crippen LogP) is 2.10. The van der Waals surface area contributed by atoms with Gasteiger partial charge in [-0.15, -0.1) is 0 Å². The maximum Gasteiger partial charge on any atom is 0.338 e. The summed E-state index contributed by atoms with van der Waals surface area (Å²) in [5.41, 5.74) is 0.817. The lowest BCUT2D eigenvalue weighted by Crippen LogP contribution is -2.32. The van der Waals surface area contributed by atoms with Crippen LogP contribution in [0.15, 0.2) is 30.3 Å². The van der Waals surface area contributed by atoms with Gasteiger partial charge in [0.15, 0.2) is 5.79 Å². The van der Waals surface area contributed by atoms with Crippen molar-refractivity contribution >= 4 is 10.3 Å². The van der Waals surface area contributed by atoms with Crippen molar-refractivity contribution in [1.82, 2.24) is 4.72 Å². The van der Waals surface area contributed by atoms with E-state index in [0.717, 1.165) is 5.56 Å². The number of hydrogen-bond donors (Lipinski definition) is 1. The molecule has 118 valence electrons. The Morgan fingerprint density at radius 2 is 1.81 bits per heavy atom. The van der Waals surface area contributed by atoms with Gasteiger partial charge in [0.1, 0.15) is 6.10 Å². The van der Waals surface area contributed by atoms with Gasteiger partial charge in [-0.25, -0.2) is 4.18 Å². The van der Waals surface area contributed by atoms with Crippen LogP contribution in [0.25, 0.3) is 0 Å². The SMILES string of the molecule is CCC1(CC)OC(OS(=O)(=O)NC)C(c2ccccc2)O1. The summed E-state index contributed by atoms with van der Waals surface area (Å²) in [4.78, 5) is 0. The van der Waals surface area contributed by atoms with E-state index in [1.807, 2.05) is 44.2 Å². The van der Waals surface area contributed by atoms with Crippen LogP contribution in [0, 0.1) is 0 Å². The van der Waals surface area contributed by atoms with Crippen LogP contribution in [-0.4, -0.2) is 27.5 Å². The molecule has 1 aliphatic heterocycles. The van der Waals surface area contributed by atoms with E-state index in [-0.39, 0.29) is 0 Å². The highest BCUT2D eigenvalue weighted by Crippen LogP contribution is 2.42. The van der Waals surface area contributed by atoms with E-state index >= 15 is 0 Å². The van der Waals surface area contributed by atoms with E-state index in [1.54, 1.807) is 0 Å². The highest BCUT2D eigenvalue weighted by molar-refractivity contribution is 7.84. The number of hydrogen-bond acceptors (Lipinski definition) is 5. The van der Waals surface area contributed by atoms with Crippen LogP contribution >= 0.6 is 0 Å². The van der Waals surface area contributed by atoms with Crippen molar-refractivity contribution in [3.8, 4) is 0 Å². The molecule has 1 aromatic carbocycles. The molecule has 1 saturated heterocycles. The van der Waals surface area contributed by atoms with Gasteiger partial charge in [0.2, 0.25) is 6.29 Å². The molecule has 2 rings (SSSR count). The van der Waals surface area contributed by atoms with E-state index < -0.39 is 28.5 Å². The molecule has 0 radical (unpaired) electrons. The highest BCUT2D eigenvalue weighted by atomic mass is 32.2. The van der Waals surface area contributed by atoms with Gasteiger partial charge in [0.25, 0.3) is 0 Å². The minimum atomic E-state index is -3.87. The van der Waals surface area contributed by atoms with Crippen LogP contribution in [0.3, 0.4) is 0 Å². The number of ether oxygens (including phenoxy) is 2. The van der Waals surface area contributed by atoms with Gasteiger partial charge in [-0.2, -0.15) is 13.1 Å². The zero-order valence-corrected chi connectivity index (χ0v) is 13.2. The van der Waals surface area contributed by atoms with Crippen LogP contribution in [0.1, 0.15) is 38.4 Å². The Labute approximate surface area is 125 Å². The van der Waals surface area contributed by atoms with Crippen molar-refractivity contribution in [2.45, 2.75) is 44.9 Å². The van der Waals surface area contributed by atoms with Crippen LogP contribution in [0.5, 0.6) is 0 Å². The van der Waals surface area contributed by atoms with Crippen LogP contribution < -0.4 is 4.72 Å². The van der Waals surface area contributed by atoms with Crippen molar-refractivity contribution in [3.63, 3.8) is 0 Å². The maximum absolute atomic E-state index is 11.7. The summed E-state index contributed by atoms with van der Waals surface area (Å²) < 4.78 is 42.3. The Hall–Kier alpha value is -0.990. The summed E-state index contributed by atoms with van der Waals surface area (Å²) in [6.07, 6.45) is -0.391. The molecule has 0 spiro atoms. The Balaban J connectivity index is 2.30. The lowest BCUT2D eigenvalue weighted by Gasteiger charge is -2.24. The normalized spacial score (nSPS) is 25.1. The lowest BCUT2D eigenvalue weighted by molar-refractivity contribution is -0.196. The standard InChI is InChI=1S/C14H21NO5S/c1-4-14(5-2)18-12(11-9-7-6-8-10-11)13(19-14)20-21(16,17)15-3/h6-10,12-13,15H,4-5H2,1-3H3. The molecule has 1 fully saturated rings. The van der Waals surface area contributed by atoms with Crippen LogP contribution in [0.2, 0.25) is 0 Å². The fourth-order valence-corrected chi connectivity index (χ4v) is 2.77. The van der Waals surface area contributed by atoms with Crippen molar-refractivity contribution in [2.75, 3.05) is 7.05 Å². The molecule has 1 aromatic rings. The first-order valence-corrected chi connectivity index (χ1v) is 8.38. The molecule has 6 nitrogen and oxygen atoms in total. The molecule has 2 unspecified atom stereocenters. The number of benzene rings is 1. The summed E-state index contributed by atoms with van der Waals surface area (Å²) in [5, 5.41) is 0. The van der Waals surface area contributed by atoms with E-state index in [4.69, 9.17) is 13.7 Å². The molecule has 0 aliphatic carbocycles. The molecule has 0 amide bonds. The molecule has 2 atom stereocenters. The molecular weight excluding hydrogens is 294 g/mol. The fourth-order valence-electron chi connectivity index (χ4n) is 2.28. The van der Waals surface area contributed by atoms with Gasteiger partial charge in [-0.05, 0) is 18.4 Å². The smallest absolute Gasteiger partial charge is 0.337 e. The first kappa shape index (κ1) is 16.4. The van der Waals surface area contributed by atoms with Gasteiger partial charge in [-0.3, -0.25) is 0 Å². The molecule has 0 saturated carbocycles. The fraction of sp³-hybridized carbons (Fsp3) is 0.571. The summed E-state index contributed by atoms with van der Waals surface area (Å²) in [6.45, 7) is 3.86. The summed E-state index contributed by atoms with van der Waals surface area (Å²) in [7, 11) is -2.58. The topological polar surface area (TPSA) is 73.9 Å². The Morgan fingerprint density at radius 3 is 2.33 bits per heavy atom. The number of rotatable bonds is 6. The molecule has 0 bridgehead atoms. The van der Waals surface area contributed by atoms with Crippen molar-refractivity contribution in [2.24, 2.45) is 0 Å². The van der Waals surface area contributed by atoms with E-state index in [9.17, 15) is 8.42 Å². The van der Waals surface area contributed by atoms with Gasteiger partial charge in [0, 0.05) is 7.05 Å². The molecule has 21 heavy (non-hydrogen) atoms. The second-order valence-corrected chi connectivity index (χ2v) is 6.32. The average molecular weight is 315 g/mol. The molecule has 1 aliphatic rings. The van der Waals surface area contributed by atoms with Gasteiger partial charge in [0.05, 0.1) is 0 Å². The van der Waals surface area contributed by atoms with E-state index in [1.165, 1.54) is 7.05 Å². The summed E-state index contributed by atoms with van der Waals surface area (Å²) >= 11 is 0. The molecular formula is C14H21NO5S. The van der Waals surface area contributed by atoms with E-state index in [2.05, 4.69) is 4.72 Å². The van der Waals surface area contributed by atoms with Crippen LogP contribution in [-0.2, 0) is 24.0 Å². The quantitative estimate of drug-likeness (QED) is 0.870. The molecule has 1 heterocycles. The minimum Gasteiger partial charge on any atom is -0.337 e. The average Bonchev–Trinajstić information content (AvgIpc) is 2.87. The number of nitrogens with one attached hydrogen (secondary N) is 1. The van der Waals surface area contributed by atoms with E-state index in [0.29, 0.717) is 12.8 Å². The maximum atomic E-state index is 11.7. The first-order chi connectivity index (χ1) is 9.95. The van der Waals surface area contributed by atoms with Crippen LogP contribution in [0.4, 0.5) is 0 Å². The zero-order valence-electron chi connectivity index (χ0n) is 12.4. The van der Waals surface area contributed by atoms with Crippen molar-refractivity contribution in [1.29, 1.82) is 0 Å². The van der Waals surface area contributed by atoms with Crippen molar-refractivity contribution in [3.05, 3.63) is 35.9 Å².